The number of primary amides is 1. The molecule has 0 saturated heterocycles. The van der Waals surface area contributed by atoms with Gasteiger partial charge in [0.2, 0.25) is 5.91 Å². The summed E-state index contributed by atoms with van der Waals surface area (Å²) >= 11 is 3.56. The van der Waals surface area contributed by atoms with Crippen LogP contribution in [0.15, 0.2) is 40.9 Å². The minimum absolute atomic E-state index is 0.142. The van der Waals surface area contributed by atoms with Crippen molar-refractivity contribution in [1.82, 2.24) is 0 Å². The van der Waals surface area contributed by atoms with Crippen LogP contribution in [-0.4, -0.2) is 12.5 Å². The first-order chi connectivity index (χ1) is 11.4. The second-order valence-electron chi connectivity index (χ2n) is 7.07. The number of ether oxygens (including phenoxy) is 1. The molecule has 2 aliphatic heterocycles. The van der Waals surface area contributed by atoms with Crippen LogP contribution in [0.4, 0.5) is 5.69 Å². The second-order valence-corrected chi connectivity index (χ2v) is 7.98. The molecule has 0 aliphatic carbocycles. The SMILES string of the molecule is CC1(C)c2cc(C(N)=O)ccc2NC2c3cc(Br)ccc3OCC21. The molecule has 0 radical (unpaired) electrons. The lowest BCUT2D eigenvalue weighted by atomic mass is 9.65. The Bertz CT molecular complexity index is 847. The topological polar surface area (TPSA) is 64.4 Å². The molecule has 2 heterocycles. The lowest BCUT2D eigenvalue weighted by Crippen LogP contribution is -2.46. The Balaban J connectivity index is 1.86. The van der Waals surface area contributed by atoms with Gasteiger partial charge in [-0.3, -0.25) is 4.79 Å². The average molecular weight is 387 g/mol. The van der Waals surface area contributed by atoms with Gasteiger partial charge in [-0.2, -0.15) is 0 Å². The van der Waals surface area contributed by atoms with E-state index in [-0.39, 0.29) is 17.4 Å². The van der Waals surface area contributed by atoms with Crippen LogP contribution < -0.4 is 15.8 Å². The van der Waals surface area contributed by atoms with Crippen molar-refractivity contribution < 1.29 is 9.53 Å². The van der Waals surface area contributed by atoms with Gasteiger partial charge in [-0.15, -0.1) is 0 Å². The highest BCUT2D eigenvalue weighted by molar-refractivity contribution is 9.10. The van der Waals surface area contributed by atoms with Crippen LogP contribution in [0.25, 0.3) is 0 Å². The van der Waals surface area contributed by atoms with Crippen molar-refractivity contribution in [2.24, 2.45) is 11.7 Å². The predicted octanol–water partition coefficient (Wildman–Crippen LogP) is 4.00. The summed E-state index contributed by atoms with van der Waals surface area (Å²) in [5, 5.41) is 3.65. The van der Waals surface area contributed by atoms with Gasteiger partial charge in [0.15, 0.2) is 0 Å². The number of benzene rings is 2. The smallest absolute Gasteiger partial charge is 0.248 e. The van der Waals surface area contributed by atoms with Crippen molar-refractivity contribution in [2.75, 3.05) is 11.9 Å². The Morgan fingerprint density at radius 1 is 1.29 bits per heavy atom. The summed E-state index contributed by atoms with van der Waals surface area (Å²) in [6, 6.07) is 12.0. The number of anilines is 1. The highest BCUT2D eigenvalue weighted by atomic mass is 79.9. The van der Waals surface area contributed by atoms with E-state index < -0.39 is 5.91 Å². The Morgan fingerprint density at radius 2 is 2.08 bits per heavy atom. The van der Waals surface area contributed by atoms with Gasteiger partial charge in [0, 0.05) is 32.6 Å². The van der Waals surface area contributed by atoms with E-state index in [1.54, 1.807) is 6.07 Å². The van der Waals surface area contributed by atoms with E-state index in [1.807, 2.05) is 24.3 Å². The van der Waals surface area contributed by atoms with Crippen molar-refractivity contribution in [2.45, 2.75) is 25.3 Å². The molecule has 0 fully saturated rings. The molecule has 0 aromatic heterocycles. The monoisotopic (exact) mass is 386 g/mol. The summed E-state index contributed by atoms with van der Waals surface area (Å²) in [5.74, 6) is 0.791. The third-order valence-electron chi connectivity index (χ3n) is 5.36. The van der Waals surface area contributed by atoms with E-state index in [9.17, 15) is 4.79 Å². The molecule has 2 atom stereocenters. The number of carbonyl (C=O) groups excluding carboxylic acids is 1. The van der Waals surface area contributed by atoms with E-state index in [0.717, 1.165) is 21.5 Å². The maximum atomic E-state index is 11.6. The van der Waals surface area contributed by atoms with Gasteiger partial charge in [-0.1, -0.05) is 29.8 Å². The largest absolute Gasteiger partial charge is 0.493 e. The summed E-state index contributed by atoms with van der Waals surface area (Å²) in [4.78, 5) is 11.6. The lowest BCUT2D eigenvalue weighted by molar-refractivity contribution is 0.0999. The van der Waals surface area contributed by atoms with Crippen molar-refractivity contribution in [3.63, 3.8) is 0 Å². The number of nitrogens with two attached hydrogens (primary N) is 1. The number of rotatable bonds is 1. The molecular formula is C19H19BrN2O2. The molecule has 0 bridgehead atoms. The number of hydrogen-bond acceptors (Lipinski definition) is 3. The summed E-state index contributed by atoms with van der Waals surface area (Å²) in [5.41, 5.74) is 9.19. The molecule has 2 aromatic rings. The number of nitrogens with one attached hydrogen (secondary N) is 1. The number of fused-ring (bicyclic) bond motifs is 4. The molecule has 1 amide bonds. The maximum absolute atomic E-state index is 11.6. The Labute approximate surface area is 149 Å². The van der Waals surface area contributed by atoms with Gasteiger partial charge in [-0.05, 0) is 42.0 Å². The van der Waals surface area contributed by atoms with Crippen molar-refractivity contribution >= 4 is 27.5 Å². The van der Waals surface area contributed by atoms with Crippen LogP contribution in [0.2, 0.25) is 0 Å². The fourth-order valence-electron chi connectivity index (χ4n) is 3.91. The van der Waals surface area contributed by atoms with E-state index in [4.69, 9.17) is 10.5 Å². The fourth-order valence-corrected chi connectivity index (χ4v) is 4.29. The van der Waals surface area contributed by atoms with E-state index in [1.165, 1.54) is 5.56 Å². The fraction of sp³-hybridized carbons (Fsp3) is 0.316. The zero-order valence-electron chi connectivity index (χ0n) is 13.6. The molecule has 0 spiro atoms. The standard InChI is InChI=1S/C19H19BrN2O2/c1-19(2)13-7-10(18(21)23)3-5-15(13)22-17-12-8-11(20)4-6-16(12)24-9-14(17)19/h3-8,14,17,22H,9H2,1-2H3,(H2,21,23). The predicted molar refractivity (Wildman–Crippen MR) is 97.5 cm³/mol. The van der Waals surface area contributed by atoms with Crippen molar-refractivity contribution in [3.8, 4) is 5.75 Å². The minimum Gasteiger partial charge on any atom is -0.493 e. The van der Waals surface area contributed by atoms with Gasteiger partial charge in [-0.25, -0.2) is 0 Å². The molecule has 2 aromatic carbocycles. The molecule has 3 N–H and O–H groups in total. The number of hydrogen-bond donors (Lipinski definition) is 2. The Kier molecular flexibility index (Phi) is 3.39. The van der Waals surface area contributed by atoms with Gasteiger partial charge < -0.3 is 15.8 Å². The van der Waals surface area contributed by atoms with Crippen LogP contribution in [0.1, 0.15) is 41.4 Å². The first-order valence-corrected chi connectivity index (χ1v) is 8.80. The van der Waals surface area contributed by atoms with Gasteiger partial charge in [0.05, 0.1) is 12.6 Å². The third-order valence-corrected chi connectivity index (χ3v) is 5.86. The van der Waals surface area contributed by atoms with Gasteiger partial charge in [0.1, 0.15) is 5.75 Å². The zero-order chi connectivity index (χ0) is 17.1. The summed E-state index contributed by atoms with van der Waals surface area (Å²) in [7, 11) is 0. The lowest BCUT2D eigenvalue weighted by Gasteiger charge is -2.48. The van der Waals surface area contributed by atoms with Crippen LogP contribution in [0, 0.1) is 5.92 Å². The quantitative estimate of drug-likeness (QED) is 0.778. The number of halogens is 1. The molecule has 124 valence electrons. The van der Waals surface area contributed by atoms with Crippen molar-refractivity contribution in [3.05, 3.63) is 57.6 Å². The number of amides is 1. The van der Waals surface area contributed by atoms with Gasteiger partial charge in [0.25, 0.3) is 0 Å². The van der Waals surface area contributed by atoms with Gasteiger partial charge >= 0.3 is 0 Å². The summed E-state index contributed by atoms with van der Waals surface area (Å²) in [6.45, 7) is 5.06. The average Bonchev–Trinajstić information content (AvgIpc) is 2.54. The second kappa shape index (κ2) is 5.24. The first-order valence-electron chi connectivity index (χ1n) is 8.01. The molecule has 24 heavy (non-hydrogen) atoms. The zero-order valence-corrected chi connectivity index (χ0v) is 15.2. The summed E-state index contributed by atoms with van der Waals surface area (Å²) in [6.07, 6.45) is 0. The molecule has 4 nitrogen and oxygen atoms in total. The van der Waals surface area contributed by atoms with E-state index in [0.29, 0.717) is 12.2 Å². The molecule has 2 unspecified atom stereocenters. The van der Waals surface area contributed by atoms with Crippen molar-refractivity contribution in [1.29, 1.82) is 0 Å². The van der Waals surface area contributed by atoms with Crippen LogP contribution >= 0.6 is 15.9 Å². The maximum Gasteiger partial charge on any atom is 0.248 e. The van der Waals surface area contributed by atoms with Crippen LogP contribution in [-0.2, 0) is 5.41 Å². The third kappa shape index (κ3) is 2.22. The molecule has 0 saturated carbocycles. The minimum atomic E-state index is -0.398. The Morgan fingerprint density at radius 3 is 2.83 bits per heavy atom. The molecule has 4 rings (SSSR count). The summed E-state index contributed by atoms with van der Waals surface area (Å²) < 4.78 is 7.07. The molecule has 2 aliphatic rings. The van der Waals surface area contributed by atoms with Crippen LogP contribution in [0.3, 0.4) is 0 Å². The normalized spacial score (nSPS) is 23.1. The van der Waals surface area contributed by atoms with Crippen LogP contribution in [0.5, 0.6) is 5.75 Å². The molecular weight excluding hydrogens is 368 g/mol. The highest BCUT2D eigenvalue weighted by Crippen LogP contribution is 2.52. The molecule has 5 heteroatoms. The van der Waals surface area contributed by atoms with E-state index >= 15 is 0 Å². The van der Waals surface area contributed by atoms with E-state index in [2.05, 4.69) is 41.2 Å². The first kappa shape index (κ1) is 15.5. The Hall–Kier alpha value is -2.01. The highest BCUT2D eigenvalue weighted by Gasteiger charge is 2.46. The number of carbonyl (C=O) groups is 1.